The second-order valence-electron chi connectivity index (χ2n) is 4.67. The lowest BCUT2D eigenvalue weighted by molar-refractivity contribution is -0.0319. The van der Waals surface area contributed by atoms with Gasteiger partial charge in [-0.05, 0) is 31.2 Å². The van der Waals surface area contributed by atoms with Crippen molar-refractivity contribution >= 4 is 11.6 Å². The van der Waals surface area contributed by atoms with E-state index >= 15 is 0 Å². The van der Waals surface area contributed by atoms with Crippen LogP contribution in [0.4, 0.5) is 0 Å². The minimum absolute atomic E-state index is 0.0407. The van der Waals surface area contributed by atoms with Gasteiger partial charge in [0.15, 0.2) is 0 Å². The molecular weight excluding hydrogens is 236 g/mol. The molecule has 1 saturated heterocycles. The first kappa shape index (κ1) is 12.8. The third-order valence-corrected chi connectivity index (χ3v) is 3.41. The van der Waals surface area contributed by atoms with Crippen LogP contribution in [-0.2, 0) is 11.2 Å². The highest BCUT2D eigenvalue weighted by atomic mass is 35.5. The second-order valence-corrected chi connectivity index (χ2v) is 5.10. The summed E-state index contributed by atoms with van der Waals surface area (Å²) < 4.78 is 5.71. The highest BCUT2D eigenvalue weighted by Gasteiger charge is 2.23. The summed E-state index contributed by atoms with van der Waals surface area (Å²) in [5.74, 6) is 0. The summed E-state index contributed by atoms with van der Waals surface area (Å²) in [6.07, 6.45) is 0.958. The van der Waals surface area contributed by atoms with Gasteiger partial charge in [0.2, 0.25) is 0 Å². The maximum Gasteiger partial charge on any atom is 0.0856 e. The molecule has 94 valence electrons. The lowest BCUT2D eigenvalue weighted by atomic mass is 10.0. The van der Waals surface area contributed by atoms with Crippen molar-refractivity contribution < 1.29 is 4.74 Å². The fourth-order valence-corrected chi connectivity index (χ4v) is 2.22. The van der Waals surface area contributed by atoms with Crippen molar-refractivity contribution in [3.05, 3.63) is 34.9 Å². The van der Waals surface area contributed by atoms with E-state index in [-0.39, 0.29) is 12.1 Å². The number of rotatable bonds is 3. The van der Waals surface area contributed by atoms with Crippen molar-refractivity contribution in [3.63, 3.8) is 0 Å². The van der Waals surface area contributed by atoms with E-state index in [9.17, 15) is 0 Å². The Balaban J connectivity index is 1.91. The third kappa shape index (κ3) is 3.68. The summed E-state index contributed by atoms with van der Waals surface area (Å²) >= 11 is 5.85. The molecule has 1 aromatic rings. The summed E-state index contributed by atoms with van der Waals surface area (Å²) in [5.41, 5.74) is 7.40. The highest BCUT2D eigenvalue weighted by Crippen LogP contribution is 2.14. The van der Waals surface area contributed by atoms with Crippen LogP contribution < -0.4 is 5.73 Å². The second kappa shape index (κ2) is 5.83. The molecule has 2 unspecified atom stereocenters. The highest BCUT2D eigenvalue weighted by molar-refractivity contribution is 6.30. The van der Waals surface area contributed by atoms with Gasteiger partial charge in [0.25, 0.3) is 0 Å². The van der Waals surface area contributed by atoms with Crippen molar-refractivity contribution in [1.82, 2.24) is 4.90 Å². The first-order valence-electron chi connectivity index (χ1n) is 5.95. The number of hydrogen-bond donors (Lipinski definition) is 1. The number of likely N-dealkylation sites (N-methyl/N-ethyl adjacent to an activating group) is 1. The van der Waals surface area contributed by atoms with E-state index < -0.39 is 0 Å². The van der Waals surface area contributed by atoms with Crippen molar-refractivity contribution in [2.75, 3.05) is 26.7 Å². The number of halogens is 1. The summed E-state index contributed by atoms with van der Waals surface area (Å²) in [5, 5.41) is 0.760. The molecule has 1 heterocycles. The Bertz CT molecular complexity index is 355. The summed E-state index contributed by atoms with van der Waals surface area (Å²) in [6.45, 7) is 2.68. The van der Waals surface area contributed by atoms with Crippen LogP contribution in [0.1, 0.15) is 5.56 Å². The Labute approximate surface area is 107 Å². The lowest BCUT2D eigenvalue weighted by Crippen LogP contribution is -2.50. The van der Waals surface area contributed by atoms with Gasteiger partial charge >= 0.3 is 0 Å². The van der Waals surface area contributed by atoms with E-state index in [1.807, 2.05) is 24.3 Å². The van der Waals surface area contributed by atoms with E-state index in [0.717, 1.165) is 31.1 Å². The van der Waals surface area contributed by atoms with Crippen molar-refractivity contribution in [1.29, 1.82) is 0 Å². The molecule has 0 amide bonds. The zero-order chi connectivity index (χ0) is 12.3. The Morgan fingerprint density at radius 2 is 2.18 bits per heavy atom. The van der Waals surface area contributed by atoms with Crippen LogP contribution in [0.25, 0.3) is 0 Å². The molecule has 1 aliphatic rings. The minimum atomic E-state index is 0.0407. The van der Waals surface area contributed by atoms with Gasteiger partial charge in [-0.3, -0.25) is 0 Å². The quantitative estimate of drug-likeness (QED) is 0.889. The molecule has 2 N–H and O–H groups in total. The molecule has 0 spiro atoms. The maximum absolute atomic E-state index is 6.20. The lowest BCUT2D eigenvalue weighted by Gasteiger charge is -2.33. The molecule has 0 bridgehead atoms. The molecule has 1 aromatic carbocycles. The monoisotopic (exact) mass is 254 g/mol. The van der Waals surface area contributed by atoms with Gasteiger partial charge in [-0.25, -0.2) is 0 Å². The topological polar surface area (TPSA) is 38.5 Å². The van der Waals surface area contributed by atoms with Gasteiger partial charge in [0, 0.05) is 24.2 Å². The summed E-state index contributed by atoms with van der Waals surface area (Å²) in [7, 11) is 2.10. The average molecular weight is 255 g/mol. The van der Waals surface area contributed by atoms with Gasteiger partial charge in [0.05, 0.1) is 12.7 Å². The standard InChI is InChI=1S/C13H19ClN2O/c1-16-6-7-17-13(9-16)12(15)8-10-2-4-11(14)5-3-10/h2-5,12-13H,6-9,15H2,1H3. The first-order valence-corrected chi connectivity index (χ1v) is 6.33. The molecule has 1 aliphatic heterocycles. The Morgan fingerprint density at radius 3 is 2.82 bits per heavy atom. The number of benzene rings is 1. The molecule has 0 aromatic heterocycles. The van der Waals surface area contributed by atoms with Crippen molar-refractivity contribution in [2.45, 2.75) is 18.6 Å². The van der Waals surface area contributed by atoms with E-state index in [1.54, 1.807) is 0 Å². The molecule has 2 atom stereocenters. The van der Waals surface area contributed by atoms with Gasteiger partial charge in [0.1, 0.15) is 0 Å². The molecule has 0 saturated carbocycles. The van der Waals surface area contributed by atoms with Crippen LogP contribution in [-0.4, -0.2) is 43.8 Å². The van der Waals surface area contributed by atoms with E-state index in [4.69, 9.17) is 22.1 Å². The number of hydrogen-bond acceptors (Lipinski definition) is 3. The zero-order valence-electron chi connectivity index (χ0n) is 10.1. The Hall–Kier alpha value is -0.610. The molecule has 1 fully saturated rings. The van der Waals surface area contributed by atoms with Crippen LogP contribution >= 0.6 is 11.6 Å². The smallest absolute Gasteiger partial charge is 0.0856 e. The average Bonchev–Trinajstić information content (AvgIpc) is 2.32. The SMILES string of the molecule is CN1CCOC(C(N)Cc2ccc(Cl)cc2)C1. The summed E-state index contributed by atoms with van der Waals surface area (Å²) in [4.78, 5) is 2.26. The molecule has 3 nitrogen and oxygen atoms in total. The molecule has 0 radical (unpaired) electrons. The Morgan fingerprint density at radius 1 is 1.47 bits per heavy atom. The van der Waals surface area contributed by atoms with Crippen molar-refractivity contribution in [2.24, 2.45) is 5.73 Å². The molecule has 4 heteroatoms. The normalized spacial score (nSPS) is 23.6. The number of nitrogens with two attached hydrogens (primary N) is 1. The number of ether oxygens (including phenoxy) is 1. The third-order valence-electron chi connectivity index (χ3n) is 3.16. The first-order chi connectivity index (χ1) is 8.15. The van der Waals surface area contributed by atoms with Gasteiger partial charge in [-0.2, -0.15) is 0 Å². The van der Waals surface area contributed by atoms with E-state index in [2.05, 4.69) is 11.9 Å². The predicted molar refractivity (Wildman–Crippen MR) is 70.4 cm³/mol. The Kier molecular flexibility index (Phi) is 4.40. The molecule has 2 rings (SSSR count). The van der Waals surface area contributed by atoms with Crippen LogP contribution in [0.5, 0.6) is 0 Å². The minimum Gasteiger partial charge on any atom is -0.374 e. The predicted octanol–water partition coefficient (Wildman–Crippen LogP) is 1.54. The zero-order valence-corrected chi connectivity index (χ0v) is 10.9. The van der Waals surface area contributed by atoms with Gasteiger partial charge < -0.3 is 15.4 Å². The van der Waals surface area contributed by atoms with Crippen LogP contribution in [0.3, 0.4) is 0 Å². The molecule has 17 heavy (non-hydrogen) atoms. The maximum atomic E-state index is 6.20. The van der Waals surface area contributed by atoms with Crippen LogP contribution in [0, 0.1) is 0 Å². The van der Waals surface area contributed by atoms with E-state index in [0.29, 0.717) is 0 Å². The summed E-state index contributed by atoms with van der Waals surface area (Å²) in [6, 6.07) is 7.89. The fourth-order valence-electron chi connectivity index (χ4n) is 2.09. The number of nitrogens with zero attached hydrogens (tertiary/aromatic N) is 1. The molecular formula is C13H19ClN2O. The van der Waals surface area contributed by atoms with Gasteiger partial charge in [-0.1, -0.05) is 23.7 Å². The van der Waals surface area contributed by atoms with Crippen LogP contribution in [0.2, 0.25) is 5.02 Å². The molecule has 0 aliphatic carbocycles. The van der Waals surface area contributed by atoms with Crippen molar-refractivity contribution in [3.8, 4) is 0 Å². The van der Waals surface area contributed by atoms with E-state index in [1.165, 1.54) is 5.56 Å². The largest absolute Gasteiger partial charge is 0.374 e. The van der Waals surface area contributed by atoms with Gasteiger partial charge in [-0.15, -0.1) is 0 Å². The fraction of sp³-hybridized carbons (Fsp3) is 0.538. The number of morpholine rings is 1. The van der Waals surface area contributed by atoms with Crippen LogP contribution in [0.15, 0.2) is 24.3 Å².